The lowest BCUT2D eigenvalue weighted by Crippen LogP contribution is -2.34. The van der Waals surface area contributed by atoms with Gasteiger partial charge in [0.05, 0.1) is 0 Å². The quantitative estimate of drug-likeness (QED) is 0.582. The second kappa shape index (κ2) is 7.87. The molecule has 1 aliphatic rings. The van der Waals surface area contributed by atoms with Crippen molar-refractivity contribution in [3.63, 3.8) is 0 Å². The first-order chi connectivity index (χ1) is 9.43. The number of hydrogen-bond donors (Lipinski definition) is 3. The molecule has 1 aliphatic carbocycles. The molecule has 0 aromatic rings. The van der Waals surface area contributed by atoms with Gasteiger partial charge in [0.15, 0.2) is 0 Å². The molecule has 114 valence electrons. The number of amides is 2. The Morgan fingerprint density at radius 1 is 1.30 bits per heavy atom. The summed E-state index contributed by atoms with van der Waals surface area (Å²) in [7, 11) is 0. The number of aliphatic carboxylic acids is 1. The van der Waals surface area contributed by atoms with E-state index in [0.29, 0.717) is 25.4 Å². The highest BCUT2D eigenvalue weighted by Gasteiger charge is 2.38. The zero-order chi connectivity index (χ0) is 15.1. The minimum absolute atomic E-state index is 0.0302. The molecule has 3 unspecified atom stereocenters. The molecule has 6 nitrogen and oxygen atoms in total. The van der Waals surface area contributed by atoms with Gasteiger partial charge in [-0.05, 0) is 18.3 Å². The monoisotopic (exact) mass is 284 g/mol. The molecule has 0 heterocycles. The van der Waals surface area contributed by atoms with Crippen LogP contribution in [-0.4, -0.2) is 36.0 Å². The molecule has 0 aromatic carbocycles. The van der Waals surface area contributed by atoms with E-state index in [9.17, 15) is 14.4 Å². The molecule has 0 spiro atoms. The molecule has 1 rings (SSSR count). The van der Waals surface area contributed by atoms with Crippen LogP contribution in [0.3, 0.4) is 0 Å². The highest BCUT2D eigenvalue weighted by molar-refractivity contribution is 5.82. The Balaban J connectivity index is 2.10. The Morgan fingerprint density at radius 2 is 1.95 bits per heavy atom. The maximum absolute atomic E-state index is 11.6. The van der Waals surface area contributed by atoms with E-state index in [1.807, 2.05) is 13.8 Å². The SMILES string of the molecule is CCC(CNC(=O)CCNC(=O)C1CC1C)CC(=O)O. The number of carbonyl (C=O) groups is 3. The standard InChI is InChI=1S/C14H24N2O4/c1-3-10(7-13(18)19)8-16-12(17)4-5-15-14(20)11-6-9(11)2/h9-11H,3-8H2,1-2H3,(H,15,20)(H,16,17)(H,18,19). The normalized spacial score (nSPS) is 21.9. The second-order valence-corrected chi connectivity index (χ2v) is 5.54. The van der Waals surface area contributed by atoms with Crippen LogP contribution in [0.5, 0.6) is 0 Å². The van der Waals surface area contributed by atoms with E-state index in [-0.39, 0.29) is 36.5 Å². The number of carboxylic acid groups (broad SMARTS) is 1. The summed E-state index contributed by atoms with van der Waals surface area (Å²) in [5, 5.41) is 14.2. The molecule has 3 N–H and O–H groups in total. The summed E-state index contributed by atoms with van der Waals surface area (Å²) in [6.07, 6.45) is 1.94. The van der Waals surface area contributed by atoms with Crippen LogP contribution in [0.2, 0.25) is 0 Å². The number of rotatable bonds is 9. The van der Waals surface area contributed by atoms with Crippen LogP contribution in [-0.2, 0) is 14.4 Å². The minimum Gasteiger partial charge on any atom is -0.481 e. The summed E-state index contributed by atoms with van der Waals surface area (Å²) in [5.41, 5.74) is 0. The van der Waals surface area contributed by atoms with Crippen molar-refractivity contribution >= 4 is 17.8 Å². The van der Waals surface area contributed by atoms with Gasteiger partial charge in [-0.25, -0.2) is 0 Å². The fourth-order valence-electron chi connectivity index (χ4n) is 2.07. The molecule has 1 saturated carbocycles. The topological polar surface area (TPSA) is 95.5 Å². The van der Waals surface area contributed by atoms with Gasteiger partial charge in [0.2, 0.25) is 11.8 Å². The number of hydrogen-bond acceptors (Lipinski definition) is 3. The largest absolute Gasteiger partial charge is 0.481 e. The first-order valence-corrected chi connectivity index (χ1v) is 7.20. The predicted octanol–water partition coefficient (Wildman–Crippen LogP) is 0.766. The molecule has 20 heavy (non-hydrogen) atoms. The van der Waals surface area contributed by atoms with Gasteiger partial charge in [-0.15, -0.1) is 0 Å². The van der Waals surface area contributed by atoms with Gasteiger partial charge in [0.25, 0.3) is 0 Å². The van der Waals surface area contributed by atoms with Crippen molar-refractivity contribution in [3.8, 4) is 0 Å². The fourth-order valence-corrected chi connectivity index (χ4v) is 2.07. The van der Waals surface area contributed by atoms with Crippen LogP contribution >= 0.6 is 0 Å². The van der Waals surface area contributed by atoms with Crippen molar-refractivity contribution < 1.29 is 19.5 Å². The Kier molecular flexibility index (Phi) is 6.48. The van der Waals surface area contributed by atoms with Gasteiger partial charge in [-0.2, -0.15) is 0 Å². The molecule has 0 bridgehead atoms. The molecule has 6 heteroatoms. The zero-order valence-electron chi connectivity index (χ0n) is 12.1. The first kappa shape index (κ1) is 16.5. The molecule has 2 amide bonds. The fraction of sp³-hybridized carbons (Fsp3) is 0.786. The zero-order valence-corrected chi connectivity index (χ0v) is 12.1. The van der Waals surface area contributed by atoms with Crippen molar-refractivity contribution in [2.75, 3.05) is 13.1 Å². The highest BCUT2D eigenvalue weighted by atomic mass is 16.4. The average Bonchev–Trinajstić information content (AvgIpc) is 3.11. The highest BCUT2D eigenvalue weighted by Crippen LogP contribution is 2.37. The molecule has 0 radical (unpaired) electrons. The maximum Gasteiger partial charge on any atom is 0.303 e. The average molecular weight is 284 g/mol. The van der Waals surface area contributed by atoms with E-state index in [1.165, 1.54) is 0 Å². The van der Waals surface area contributed by atoms with E-state index in [2.05, 4.69) is 10.6 Å². The third-order valence-corrected chi connectivity index (χ3v) is 3.73. The van der Waals surface area contributed by atoms with Crippen LogP contribution in [0.1, 0.15) is 39.5 Å². The Morgan fingerprint density at radius 3 is 2.45 bits per heavy atom. The van der Waals surface area contributed by atoms with E-state index in [1.54, 1.807) is 0 Å². The summed E-state index contributed by atoms with van der Waals surface area (Å²) in [4.78, 5) is 33.7. The van der Waals surface area contributed by atoms with Gasteiger partial charge in [0, 0.05) is 31.8 Å². The molecule has 1 fully saturated rings. The molecule has 0 saturated heterocycles. The van der Waals surface area contributed by atoms with Crippen molar-refractivity contribution in [2.24, 2.45) is 17.8 Å². The molecule has 0 aliphatic heterocycles. The third-order valence-electron chi connectivity index (χ3n) is 3.73. The summed E-state index contributed by atoms with van der Waals surface area (Å²) in [6, 6.07) is 0. The third kappa shape index (κ3) is 6.04. The molecule has 3 atom stereocenters. The minimum atomic E-state index is -0.850. The van der Waals surface area contributed by atoms with Gasteiger partial charge >= 0.3 is 5.97 Å². The van der Waals surface area contributed by atoms with Gasteiger partial charge in [-0.3, -0.25) is 14.4 Å². The summed E-state index contributed by atoms with van der Waals surface area (Å²) in [6.45, 7) is 4.64. The summed E-state index contributed by atoms with van der Waals surface area (Å²) >= 11 is 0. The molecular formula is C14H24N2O4. The molecule has 0 aromatic heterocycles. The number of carbonyl (C=O) groups excluding carboxylic acids is 2. The van der Waals surface area contributed by atoms with E-state index in [0.717, 1.165) is 6.42 Å². The van der Waals surface area contributed by atoms with Gasteiger partial charge in [-0.1, -0.05) is 20.3 Å². The van der Waals surface area contributed by atoms with Crippen molar-refractivity contribution in [3.05, 3.63) is 0 Å². The van der Waals surface area contributed by atoms with Crippen LogP contribution in [0.15, 0.2) is 0 Å². The lowest BCUT2D eigenvalue weighted by Gasteiger charge is -2.13. The Labute approximate surface area is 119 Å². The van der Waals surface area contributed by atoms with Crippen molar-refractivity contribution in [1.82, 2.24) is 10.6 Å². The van der Waals surface area contributed by atoms with Crippen LogP contribution in [0.25, 0.3) is 0 Å². The van der Waals surface area contributed by atoms with Crippen LogP contribution in [0, 0.1) is 17.8 Å². The van der Waals surface area contributed by atoms with Gasteiger partial charge in [0.1, 0.15) is 0 Å². The van der Waals surface area contributed by atoms with Crippen LogP contribution in [0.4, 0.5) is 0 Å². The van der Waals surface area contributed by atoms with E-state index < -0.39 is 5.97 Å². The number of nitrogens with one attached hydrogen (secondary N) is 2. The Bertz CT molecular complexity index is 370. The van der Waals surface area contributed by atoms with Crippen LogP contribution < -0.4 is 10.6 Å². The smallest absolute Gasteiger partial charge is 0.303 e. The maximum atomic E-state index is 11.6. The lowest BCUT2D eigenvalue weighted by molar-refractivity contribution is -0.138. The van der Waals surface area contributed by atoms with E-state index in [4.69, 9.17) is 5.11 Å². The van der Waals surface area contributed by atoms with Crippen molar-refractivity contribution in [1.29, 1.82) is 0 Å². The summed E-state index contributed by atoms with van der Waals surface area (Å²) in [5.74, 6) is -0.431. The summed E-state index contributed by atoms with van der Waals surface area (Å²) < 4.78 is 0. The second-order valence-electron chi connectivity index (χ2n) is 5.54. The number of carboxylic acids is 1. The van der Waals surface area contributed by atoms with Crippen molar-refractivity contribution in [2.45, 2.75) is 39.5 Å². The first-order valence-electron chi connectivity index (χ1n) is 7.20. The Hall–Kier alpha value is -1.59. The molecular weight excluding hydrogens is 260 g/mol. The lowest BCUT2D eigenvalue weighted by atomic mass is 10.0. The predicted molar refractivity (Wildman–Crippen MR) is 73.9 cm³/mol. The van der Waals surface area contributed by atoms with E-state index >= 15 is 0 Å². The van der Waals surface area contributed by atoms with Gasteiger partial charge < -0.3 is 15.7 Å².